The summed E-state index contributed by atoms with van der Waals surface area (Å²) in [5, 5.41) is 15.7. The van der Waals surface area contributed by atoms with Crippen molar-refractivity contribution in [2.45, 2.75) is 0 Å². The van der Waals surface area contributed by atoms with E-state index in [1.165, 1.54) is 30.2 Å². The van der Waals surface area contributed by atoms with E-state index in [1.807, 2.05) is 0 Å². The Kier molecular flexibility index (Phi) is 1.89. The summed E-state index contributed by atoms with van der Waals surface area (Å²) in [5.74, 6) is 0. The number of halogens is 1. The molecule has 0 aromatic carbocycles. The summed E-state index contributed by atoms with van der Waals surface area (Å²) in [6.45, 7) is 0. The van der Waals surface area contributed by atoms with Gasteiger partial charge in [-0.05, 0) is 11.6 Å². The molecule has 0 saturated carbocycles. The first kappa shape index (κ1) is 8.96. The molecule has 14 heavy (non-hydrogen) atoms. The lowest BCUT2D eigenvalue weighted by Crippen LogP contribution is -2.28. The molecule has 0 saturated heterocycles. The van der Waals surface area contributed by atoms with Crippen molar-refractivity contribution in [1.82, 2.24) is 9.78 Å². The van der Waals surface area contributed by atoms with Crippen LogP contribution in [0.2, 0.25) is 5.15 Å². The fraction of sp³-hybridized carbons (Fsp3) is 0.125. The van der Waals surface area contributed by atoms with Gasteiger partial charge in [0.2, 0.25) is 0 Å². The molecular formula is C8H6ClN3O2. The Morgan fingerprint density at radius 2 is 2.36 bits per heavy atom. The van der Waals surface area contributed by atoms with E-state index >= 15 is 0 Å². The minimum atomic E-state index is -0.273. The molecule has 5 nitrogen and oxygen atoms in total. The Balaban J connectivity index is 2.97. The average Bonchev–Trinajstić information content (AvgIpc) is 2.15. The molecule has 2 heterocycles. The Labute approximate surface area is 83.7 Å². The molecule has 0 N–H and O–H groups in total. The Morgan fingerprint density at radius 1 is 1.64 bits per heavy atom. The summed E-state index contributed by atoms with van der Waals surface area (Å²) in [6.07, 6.45) is 2.67. The fourth-order valence-corrected chi connectivity index (χ4v) is 1.35. The molecule has 2 aromatic heterocycles. The number of hydrogen-bond donors (Lipinski definition) is 0. The van der Waals surface area contributed by atoms with Crippen LogP contribution >= 0.6 is 11.6 Å². The second kappa shape index (κ2) is 2.95. The molecule has 0 spiro atoms. The number of nitrogens with zero attached hydrogens (tertiary/aromatic N) is 3. The molecule has 0 radical (unpaired) electrons. The second-order valence-electron chi connectivity index (χ2n) is 2.86. The molecular weight excluding hydrogens is 206 g/mol. The molecule has 0 atom stereocenters. The summed E-state index contributed by atoms with van der Waals surface area (Å²) in [4.78, 5) is 11.5. The quantitative estimate of drug-likeness (QED) is 0.356. The zero-order chi connectivity index (χ0) is 10.3. The Morgan fingerprint density at radius 3 is 3.07 bits per heavy atom. The van der Waals surface area contributed by atoms with Gasteiger partial charge in [0, 0.05) is 13.1 Å². The number of pyridine rings is 1. The zero-order valence-electron chi connectivity index (χ0n) is 7.27. The molecule has 6 heteroatoms. The van der Waals surface area contributed by atoms with Crippen molar-refractivity contribution in [2.24, 2.45) is 7.05 Å². The minimum absolute atomic E-state index is 0.0270. The molecule has 0 amide bonds. The molecule has 0 aliphatic carbocycles. The zero-order valence-corrected chi connectivity index (χ0v) is 8.02. The topological polar surface area (TPSA) is 61.8 Å². The number of hydrogen-bond acceptors (Lipinski definition) is 3. The first-order valence-corrected chi connectivity index (χ1v) is 4.22. The van der Waals surface area contributed by atoms with Crippen molar-refractivity contribution in [3.8, 4) is 0 Å². The molecule has 0 aliphatic rings. The molecule has 0 aliphatic heterocycles. The minimum Gasteiger partial charge on any atom is -0.618 e. The van der Waals surface area contributed by atoms with E-state index in [0.717, 1.165) is 0 Å². The molecule has 72 valence electrons. The van der Waals surface area contributed by atoms with Gasteiger partial charge in [-0.3, -0.25) is 4.79 Å². The van der Waals surface area contributed by atoms with E-state index < -0.39 is 0 Å². The number of fused-ring (bicyclic) bond motifs is 1. The third-order valence-corrected chi connectivity index (χ3v) is 2.21. The van der Waals surface area contributed by atoms with E-state index in [-0.39, 0.29) is 10.7 Å². The predicted molar refractivity (Wildman–Crippen MR) is 51.0 cm³/mol. The normalized spacial score (nSPS) is 10.7. The van der Waals surface area contributed by atoms with Crippen LogP contribution in [0.1, 0.15) is 0 Å². The highest BCUT2D eigenvalue weighted by Crippen LogP contribution is 2.09. The fourth-order valence-electron chi connectivity index (χ4n) is 1.19. The van der Waals surface area contributed by atoms with Crippen LogP contribution in [-0.4, -0.2) is 9.78 Å². The van der Waals surface area contributed by atoms with Crippen molar-refractivity contribution in [1.29, 1.82) is 0 Å². The summed E-state index contributed by atoms with van der Waals surface area (Å²) in [5.41, 5.74) is -0.273. The number of aromatic nitrogens is 3. The molecule has 0 unspecified atom stereocenters. The van der Waals surface area contributed by atoms with Crippen LogP contribution in [0.3, 0.4) is 0 Å². The van der Waals surface area contributed by atoms with Crippen molar-refractivity contribution in [3.05, 3.63) is 39.2 Å². The van der Waals surface area contributed by atoms with Gasteiger partial charge in [-0.15, -0.1) is 0 Å². The lowest BCUT2D eigenvalue weighted by molar-refractivity contribution is -0.601. The van der Waals surface area contributed by atoms with Gasteiger partial charge < -0.3 is 5.21 Å². The largest absolute Gasteiger partial charge is 0.618 e. The summed E-state index contributed by atoms with van der Waals surface area (Å²) in [7, 11) is 1.54. The predicted octanol–water partition coefficient (Wildman–Crippen LogP) is 0.220. The van der Waals surface area contributed by atoms with Gasteiger partial charge in [0.15, 0.2) is 6.20 Å². The van der Waals surface area contributed by atoms with Gasteiger partial charge in [-0.25, -0.2) is 4.68 Å². The van der Waals surface area contributed by atoms with Crippen LogP contribution in [0.5, 0.6) is 0 Å². The second-order valence-corrected chi connectivity index (χ2v) is 3.25. The molecule has 0 fully saturated rings. The maximum atomic E-state index is 11.5. The highest BCUT2D eigenvalue weighted by molar-refractivity contribution is 6.29. The van der Waals surface area contributed by atoms with Gasteiger partial charge in [0.05, 0.1) is 17.0 Å². The molecule has 0 bridgehead atoms. The van der Waals surface area contributed by atoms with Gasteiger partial charge in [0.1, 0.15) is 0 Å². The molecule has 2 aromatic rings. The highest BCUT2D eigenvalue weighted by atomic mass is 35.5. The number of aryl methyl sites for hydroxylation is 1. The van der Waals surface area contributed by atoms with Crippen molar-refractivity contribution in [3.63, 3.8) is 0 Å². The van der Waals surface area contributed by atoms with Gasteiger partial charge >= 0.3 is 0 Å². The van der Waals surface area contributed by atoms with Crippen LogP contribution in [0.4, 0.5) is 0 Å². The maximum Gasteiger partial charge on any atom is 0.287 e. The Hall–Kier alpha value is -1.62. The van der Waals surface area contributed by atoms with Gasteiger partial charge in [0.25, 0.3) is 10.7 Å². The van der Waals surface area contributed by atoms with Crippen LogP contribution in [0.15, 0.2) is 23.3 Å². The van der Waals surface area contributed by atoms with E-state index in [2.05, 4.69) is 5.10 Å². The third kappa shape index (κ3) is 1.22. The molecule has 2 rings (SSSR count). The number of rotatable bonds is 0. The van der Waals surface area contributed by atoms with Crippen molar-refractivity contribution < 1.29 is 4.73 Å². The van der Waals surface area contributed by atoms with E-state index in [0.29, 0.717) is 15.5 Å². The lowest BCUT2D eigenvalue weighted by Gasteiger charge is -2.01. The monoisotopic (exact) mass is 211 g/mol. The van der Waals surface area contributed by atoms with Crippen molar-refractivity contribution in [2.75, 3.05) is 0 Å². The van der Waals surface area contributed by atoms with E-state index in [4.69, 9.17) is 11.6 Å². The lowest BCUT2D eigenvalue weighted by atomic mass is 10.2. The smallest absolute Gasteiger partial charge is 0.287 e. The Bertz CT molecular complexity index is 564. The average molecular weight is 212 g/mol. The van der Waals surface area contributed by atoms with E-state index in [9.17, 15) is 10.0 Å². The van der Waals surface area contributed by atoms with Crippen LogP contribution in [0.25, 0.3) is 10.8 Å². The summed E-state index contributed by atoms with van der Waals surface area (Å²) >= 11 is 5.59. The van der Waals surface area contributed by atoms with Crippen LogP contribution in [0, 0.1) is 5.21 Å². The van der Waals surface area contributed by atoms with Crippen LogP contribution < -0.4 is 10.3 Å². The third-order valence-electron chi connectivity index (χ3n) is 1.94. The van der Waals surface area contributed by atoms with Crippen LogP contribution in [-0.2, 0) is 7.05 Å². The highest BCUT2D eigenvalue weighted by Gasteiger charge is 2.08. The van der Waals surface area contributed by atoms with Gasteiger partial charge in [-0.1, -0.05) is 0 Å². The first-order chi connectivity index (χ1) is 6.59. The van der Waals surface area contributed by atoms with Crippen molar-refractivity contribution >= 4 is 22.4 Å². The van der Waals surface area contributed by atoms with Gasteiger partial charge in [-0.2, -0.15) is 9.83 Å². The summed E-state index contributed by atoms with van der Waals surface area (Å²) < 4.78 is 1.68. The van der Waals surface area contributed by atoms with E-state index in [1.54, 1.807) is 0 Å². The summed E-state index contributed by atoms with van der Waals surface area (Å²) in [6, 6.07) is 1.34. The maximum absolute atomic E-state index is 11.5. The SMILES string of the molecule is Cn1ncc2c[n+]([O-])c(Cl)cc2c1=O. The standard InChI is InChI=1S/C8H6ClN3O2/c1-11-8(13)6-2-7(9)12(14)4-5(6)3-10-11/h2-4H,1H3. The first-order valence-electron chi connectivity index (χ1n) is 3.84.